The summed E-state index contributed by atoms with van der Waals surface area (Å²) in [4.78, 5) is 11.6. The molecule has 14 heteroatoms. The summed E-state index contributed by atoms with van der Waals surface area (Å²) in [5, 5.41) is 9.33. The number of carbonyl (C=O) groups is 1. The minimum absolute atomic E-state index is 0.0818. The van der Waals surface area contributed by atoms with Crippen LogP contribution in [-0.4, -0.2) is 11.1 Å². The summed E-state index contributed by atoms with van der Waals surface area (Å²) in [5.74, 6) is -4.98. The molecule has 32 heavy (non-hydrogen) atoms. The lowest BCUT2D eigenvalue weighted by atomic mass is 9.87. The highest BCUT2D eigenvalue weighted by Crippen LogP contribution is 2.42. The van der Waals surface area contributed by atoms with E-state index >= 15 is 0 Å². The fourth-order valence-electron chi connectivity index (χ4n) is 2.77. The van der Waals surface area contributed by atoms with Crippen LogP contribution < -0.4 is 0 Å². The van der Waals surface area contributed by atoms with Crippen LogP contribution in [0.25, 0.3) is 0 Å². The van der Waals surface area contributed by atoms with Crippen LogP contribution in [-0.2, 0) is 29.5 Å². The molecule has 0 atom stereocenters. The van der Waals surface area contributed by atoms with Crippen LogP contribution in [0, 0.1) is 0 Å². The van der Waals surface area contributed by atoms with E-state index in [1.807, 2.05) is 0 Å². The van der Waals surface area contributed by atoms with Gasteiger partial charge in [0.05, 0.1) is 22.3 Å². The Morgan fingerprint density at radius 2 is 0.750 bits per heavy atom. The van der Waals surface area contributed by atoms with E-state index in [0.717, 1.165) is 0 Å². The van der Waals surface area contributed by atoms with E-state index in [1.54, 1.807) is 0 Å². The minimum Gasteiger partial charge on any atom is -0.481 e. The molecule has 1 N–H and O–H groups in total. The van der Waals surface area contributed by atoms with Gasteiger partial charge in [-0.25, -0.2) is 0 Å². The predicted molar refractivity (Wildman–Crippen MR) is 82.4 cm³/mol. The molecule has 2 rings (SSSR count). The highest BCUT2D eigenvalue weighted by molar-refractivity contribution is 5.81. The number of benzene rings is 2. The van der Waals surface area contributed by atoms with E-state index in [4.69, 9.17) is 0 Å². The van der Waals surface area contributed by atoms with Crippen molar-refractivity contribution in [3.63, 3.8) is 0 Å². The average molecular weight is 484 g/mol. The lowest BCUT2D eigenvalue weighted by Crippen LogP contribution is -2.19. The molecule has 0 saturated heterocycles. The molecule has 0 bridgehead atoms. The standard InChI is InChI=1S/C18H8F12O2/c19-15(20,21)9-1-7(2-10(5-9)16(22,23)24)13(14(31)32)8-3-11(17(25,26)27)6-12(4-8)18(28,29)30/h1-6,13H,(H,31,32). The Bertz CT molecular complexity index is 873. The van der Waals surface area contributed by atoms with Gasteiger partial charge in [0.25, 0.3) is 0 Å². The van der Waals surface area contributed by atoms with E-state index in [2.05, 4.69) is 0 Å². The van der Waals surface area contributed by atoms with Crippen LogP contribution >= 0.6 is 0 Å². The number of carboxylic acid groups (broad SMARTS) is 1. The van der Waals surface area contributed by atoms with Crippen molar-refractivity contribution >= 4 is 5.97 Å². The molecule has 0 radical (unpaired) electrons. The first-order chi connectivity index (χ1) is 14.2. The third-order valence-corrected chi connectivity index (χ3v) is 4.13. The van der Waals surface area contributed by atoms with Gasteiger partial charge in [-0.2, -0.15) is 52.7 Å². The molecule has 0 unspecified atom stereocenters. The molecule has 0 aliphatic heterocycles. The summed E-state index contributed by atoms with van der Waals surface area (Å²) < 4.78 is 156. The Labute approximate surface area is 170 Å². The molecule has 0 fully saturated rings. The van der Waals surface area contributed by atoms with Crippen LogP contribution in [0.4, 0.5) is 52.7 Å². The Hall–Kier alpha value is -2.93. The molecule has 2 aromatic carbocycles. The average Bonchev–Trinajstić information content (AvgIpc) is 2.58. The van der Waals surface area contributed by atoms with Crippen molar-refractivity contribution in [2.24, 2.45) is 0 Å². The van der Waals surface area contributed by atoms with Gasteiger partial charge in [-0.15, -0.1) is 0 Å². The second-order valence-corrected chi connectivity index (χ2v) is 6.45. The summed E-state index contributed by atoms with van der Waals surface area (Å²) in [7, 11) is 0. The maximum absolute atomic E-state index is 13.0. The maximum atomic E-state index is 13.0. The number of alkyl halides is 12. The maximum Gasteiger partial charge on any atom is 0.416 e. The molecular formula is C18H8F12O2. The highest BCUT2D eigenvalue weighted by Gasteiger charge is 2.41. The number of aliphatic carboxylic acids is 1. The molecule has 2 nitrogen and oxygen atoms in total. The zero-order valence-electron chi connectivity index (χ0n) is 14.9. The van der Waals surface area contributed by atoms with Crippen LogP contribution in [0.5, 0.6) is 0 Å². The third-order valence-electron chi connectivity index (χ3n) is 4.13. The van der Waals surface area contributed by atoms with Gasteiger partial charge in [0.1, 0.15) is 5.92 Å². The molecule has 0 aromatic heterocycles. The quantitative estimate of drug-likeness (QED) is 0.478. The first-order valence-electron chi connectivity index (χ1n) is 8.03. The van der Waals surface area contributed by atoms with Crippen LogP contribution in [0.15, 0.2) is 36.4 Å². The Kier molecular flexibility index (Phi) is 6.24. The zero-order chi connectivity index (χ0) is 24.9. The molecule has 176 valence electrons. The van der Waals surface area contributed by atoms with Crippen molar-refractivity contribution in [1.82, 2.24) is 0 Å². The molecule has 0 spiro atoms. The third kappa shape index (κ3) is 5.65. The normalized spacial score (nSPS) is 13.5. The van der Waals surface area contributed by atoms with Crippen molar-refractivity contribution in [3.05, 3.63) is 69.8 Å². The molecule has 0 heterocycles. The van der Waals surface area contributed by atoms with E-state index in [0.29, 0.717) is 0 Å². The molecule has 0 amide bonds. The van der Waals surface area contributed by atoms with Crippen molar-refractivity contribution < 1.29 is 62.6 Å². The Morgan fingerprint density at radius 1 is 0.531 bits per heavy atom. The topological polar surface area (TPSA) is 37.3 Å². The van der Waals surface area contributed by atoms with Gasteiger partial charge < -0.3 is 5.11 Å². The number of rotatable bonds is 3. The Balaban J connectivity index is 2.87. The van der Waals surface area contributed by atoms with Gasteiger partial charge in [0.2, 0.25) is 0 Å². The van der Waals surface area contributed by atoms with Crippen molar-refractivity contribution in [1.29, 1.82) is 0 Å². The van der Waals surface area contributed by atoms with Gasteiger partial charge >= 0.3 is 30.7 Å². The lowest BCUT2D eigenvalue weighted by molar-refractivity contribution is -0.144. The number of hydrogen-bond acceptors (Lipinski definition) is 1. The minimum atomic E-state index is -5.43. The summed E-state index contributed by atoms with van der Waals surface area (Å²) in [5.41, 5.74) is -10.6. The zero-order valence-corrected chi connectivity index (χ0v) is 14.9. The Morgan fingerprint density at radius 3 is 0.906 bits per heavy atom. The van der Waals surface area contributed by atoms with Gasteiger partial charge in [0, 0.05) is 0 Å². The van der Waals surface area contributed by atoms with Gasteiger partial charge in [-0.3, -0.25) is 4.79 Å². The van der Waals surface area contributed by atoms with E-state index in [-0.39, 0.29) is 36.4 Å². The van der Waals surface area contributed by atoms with Gasteiger partial charge in [0.15, 0.2) is 0 Å². The van der Waals surface area contributed by atoms with E-state index in [9.17, 15) is 62.6 Å². The summed E-state index contributed by atoms with van der Waals surface area (Å²) >= 11 is 0. The molecule has 2 aromatic rings. The summed E-state index contributed by atoms with van der Waals surface area (Å²) in [6.45, 7) is 0. The molecular weight excluding hydrogens is 476 g/mol. The van der Waals surface area contributed by atoms with Crippen molar-refractivity contribution in [2.75, 3.05) is 0 Å². The number of hydrogen-bond donors (Lipinski definition) is 1. The number of halogens is 12. The smallest absolute Gasteiger partial charge is 0.416 e. The van der Waals surface area contributed by atoms with Crippen LogP contribution in [0.2, 0.25) is 0 Å². The first kappa shape index (κ1) is 25.3. The van der Waals surface area contributed by atoms with Crippen LogP contribution in [0.1, 0.15) is 39.3 Å². The van der Waals surface area contributed by atoms with Gasteiger partial charge in [-0.05, 0) is 47.5 Å². The molecule has 0 aliphatic rings. The van der Waals surface area contributed by atoms with E-state index in [1.165, 1.54) is 0 Å². The monoisotopic (exact) mass is 484 g/mol. The lowest BCUT2D eigenvalue weighted by Gasteiger charge is -2.21. The second kappa shape index (κ2) is 7.89. The van der Waals surface area contributed by atoms with Gasteiger partial charge in [-0.1, -0.05) is 0 Å². The fraction of sp³-hybridized carbons (Fsp3) is 0.278. The summed E-state index contributed by atoms with van der Waals surface area (Å²) in [6.07, 6.45) is -21.7. The first-order valence-corrected chi connectivity index (χ1v) is 8.03. The predicted octanol–water partition coefficient (Wildman–Crippen LogP) is 6.98. The molecule has 0 saturated carbocycles. The molecule has 0 aliphatic carbocycles. The second-order valence-electron chi connectivity index (χ2n) is 6.45. The highest BCUT2D eigenvalue weighted by atomic mass is 19.4. The van der Waals surface area contributed by atoms with Crippen molar-refractivity contribution in [3.8, 4) is 0 Å². The van der Waals surface area contributed by atoms with Crippen molar-refractivity contribution in [2.45, 2.75) is 30.6 Å². The summed E-state index contributed by atoms with van der Waals surface area (Å²) in [6, 6.07) is -1.06. The van der Waals surface area contributed by atoms with E-state index < -0.39 is 70.0 Å². The number of carboxylic acids is 1. The van der Waals surface area contributed by atoms with Crippen LogP contribution in [0.3, 0.4) is 0 Å². The fourth-order valence-corrected chi connectivity index (χ4v) is 2.77. The largest absolute Gasteiger partial charge is 0.481 e. The SMILES string of the molecule is O=C(O)C(c1cc(C(F)(F)F)cc(C(F)(F)F)c1)c1cc(C(F)(F)F)cc(C(F)(F)F)c1.